The maximum Gasteiger partial charge on any atom is 0.306 e. The van der Waals surface area contributed by atoms with Gasteiger partial charge < -0.3 is 9.47 Å². The van der Waals surface area contributed by atoms with Crippen LogP contribution < -0.4 is 0 Å². The van der Waals surface area contributed by atoms with Crippen molar-refractivity contribution in [2.75, 3.05) is 6.61 Å². The van der Waals surface area contributed by atoms with Gasteiger partial charge in [-0.15, -0.1) is 0 Å². The molecule has 0 aromatic heterocycles. The second-order valence-electron chi connectivity index (χ2n) is 3.97. The van der Waals surface area contributed by atoms with E-state index >= 15 is 0 Å². The summed E-state index contributed by atoms with van der Waals surface area (Å²) in [4.78, 5) is 32.8. The van der Waals surface area contributed by atoms with Crippen molar-refractivity contribution in [3.63, 3.8) is 0 Å². The highest BCUT2D eigenvalue weighted by Gasteiger charge is 2.19. The average Bonchev–Trinajstić information content (AvgIpc) is 2.42. The van der Waals surface area contributed by atoms with Crippen LogP contribution in [0, 0.1) is 10.1 Å². The van der Waals surface area contributed by atoms with E-state index in [1.807, 2.05) is 0 Å². The van der Waals surface area contributed by atoms with E-state index in [2.05, 4.69) is 4.74 Å². The van der Waals surface area contributed by atoms with Gasteiger partial charge in [0.1, 0.15) is 11.6 Å². The van der Waals surface area contributed by atoms with Crippen molar-refractivity contribution < 1.29 is 24.0 Å². The number of carbonyl (C=O) groups is 2. The number of nitro benzene ring substituents is 1. The normalized spacial score (nSPS) is 10.0. The zero-order chi connectivity index (χ0) is 15.8. The Morgan fingerprint density at radius 2 is 1.86 bits per heavy atom. The molecule has 0 fully saturated rings. The number of nitrogens with zero attached hydrogens (tertiary/aromatic N) is 1. The maximum absolute atomic E-state index is 11.5. The third-order valence-corrected chi connectivity index (χ3v) is 2.79. The lowest BCUT2D eigenvalue weighted by Crippen LogP contribution is -2.10. The lowest BCUT2D eigenvalue weighted by atomic mass is 10.2. The molecule has 1 aromatic carbocycles. The molecule has 0 heterocycles. The van der Waals surface area contributed by atoms with Crippen LogP contribution >= 0.6 is 11.6 Å². The lowest BCUT2D eigenvalue weighted by molar-refractivity contribution is -0.385. The number of nitro groups is 1. The third-order valence-electron chi connectivity index (χ3n) is 2.48. The van der Waals surface area contributed by atoms with Gasteiger partial charge in [0.25, 0.3) is 5.69 Å². The van der Waals surface area contributed by atoms with Gasteiger partial charge in [-0.3, -0.25) is 19.7 Å². The highest BCUT2D eigenvalue weighted by atomic mass is 35.5. The fourth-order valence-corrected chi connectivity index (χ4v) is 1.81. The van der Waals surface area contributed by atoms with Crippen molar-refractivity contribution in [3.8, 4) is 0 Å². The van der Waals surface area contributed by atoms with Crippen LogP contribution in [-0.2, 0) is 25.7 Å². The molecule has 0 aliphatic heterocycles. The van der Waals surface area contributed by atoms with Crippen LogP contribution in [0.5, 0.6) is 0 Å². The molecule has 0 atom stereocenters. The zero-order valence-electron chi connectivity index (χ0n) is 11.3. The van der Waals surface area contributed by atoms with E-state index in [-0.39, 0.29) is 42.3 Å². The third kappa shape index (κ3) is 5.39. The van der Waals surface area contributed by atoms with Crippen LogP contribution in [0.25, 0.3) is 0 Å². The first-order valence-electron chi connectivity index (χ1n) is 6.18. The molecular weight excluding hydrogens is 302 g/mol. The van der Waals surface area contributed by atoms with Crippen LogP contribution in [0.3, 0.4) is 0 Å². The lowest BCUT2D eigenvalue weighted by Gasteiger charge is -2.06. The van der Waals surface area contributed by atoms with Crippen LogP contribution in [-0.4, -0.2) is 23.5 Å². The first-order chi connectivity index (χ1) is 9.95. The first-order valence-corrected chi connectivity index (χ1v) is 6.56. The predicted molar refractivity (Wildman–Crippen MR) is 73.8 cm³/mol. The quantitative estimate of drug-likeness (QED) is 0.436. The number of benzene rings is 1. The monoisotopic (exact) mass is 315 g/mol. The van der Waals surface area contributed by atoms with Gasteiger partial charge in [0, 0.05) is 0 Å². The van der Waals surface area contributed by atoms with Crippen molar-refractivity contribution in [2.45, 2.75) is 26.4 Å². The summed E-state index contributed by atoms with van der Waals surface area (Å²) in [5.74, 6) is -1.14. The van der Waals surface area contributed by atoms with Gasteiger partial charge in [0.2, 0.25) is 0 Å². The van der Waals surface area contributed by atoms with E-state index in [1.54, 1.807) is 6.92 Å². The zero-order valence-corrected chi connectivity index (χ0v) is 12.1. The second kappa shape index (κ2) is 8.21. The molecule has 0 N–H and O–H groups in total. The predicted octanol–water partition coefficient (Wildman–Crippen LogP) is 2.63. The van der Waals surface area contributed by atoms with Crippen molar-refractivity contribution >= 4 is 29.2 Å². The van der Waals surface area contributed by atoms with Crippen molar-refractivity contribution in [1.29, 1.82) is 0 Å². The second-order valence-corrected chi connectivity index (χ2v) is 4.38. The van der Waals surface area contributed by atoms with Gasteiger partial charge in [-0.25, -0.2) is 0 Å². The highest BCUT2D eigenvalue weighted by Crippen LogP contribution is 2.28. The minimum atomic E-state index is -0.641. The molecule has 0 saturated carbocycles. The van der Waals surface area contributed by atoms with E-state index in [0.717, 1.165) is 0 Å². The van der Waals surface area contributed by atoms with Crippen LogP contribution in [0.4, 0.5) is 5.69 Å². The highest BCUT2D eigenvalue weighted by molar-refractivity contribution is 6.32. The van der Waals surface area contributed by atoms with Crippen LogP contribution in [0.2, 0.25) is 5.02 Å². The van der Waals surface area contributed by atoms with E-state index in [0.29, 0.717) is 0 Å². The van der Waals surface area contributed by atoms with Crippen LogP contribution in [0.1, 0.15) is 25.3 Å². The number of para-hydroxylation sites is 1. The molecular formula is C13H14ClNO6. The van der Waals surface area contributed by atoms with Crippen molar-refractivity contribution in [1.82, 2.24) is 0 Å². The molecule has 1 rings (SSSR count). The summed E-state index contributed by atoms with van der Waals surface area (Å²) >= 11 is 5.73. The summed E-state index contributed by atoms with van der Waals surface area (Å²) < 4.78 is 9.56. The molecule has 0 amide bonds. The largest absolute Gasteiger partial charge is 0.466 e. The standard InChI is InChI=1S/C13H14ClNO6/c1-2-20-11(16)6-7-12(17)21-8-9-4-3-5-10(14)13(9)15(18)19/h3-5H,2,6-8H2,1H3. The molecule has 0 aliphatic rings. The Morgan fingerprint density at radius 1 is 1.24 bits per heavy atom. The Hall–Kier alpha value is -2.15. The maximum atomic E-state index is 11.5. The molecule has 7 nitrogen and oxygen atoms in total. The number of ether oxygens (including phenoxy) is 2. The first kappa shape index (κ1) is 16.9. The Labute approximate surface area is 125 Å². The number of carbonyl (C=O) groups excluding carboxylic acids is 2. The summed E-state index contributed by atoms with van der Waals surface area (Å²) in [7, 11) is 0. The molecule has 0 unspecified atom stereocenters. The summed E-state index contributed by atoms with van der Waals surface area (Å²) in [5.41, 5.74) is -0.102. The van der Waals surface area contributed by atoms with Gasteiger partial charge >= 0.3 is 11.9 Å². The van der Waals surface area contributed by atoms with Crippen molar-refractivity contribution in [3.05, 3.63) is 38.9 Å². The molecule has 0 bridgehead atoms. The fourth-order valence-electron chi connectivity index (χ4n) is 1.55. The number of rotatable bonds is 7. The summed E-state index contributed by atoms with van der Waals surface area (Å²) in [5, 5.41) is 10.9. The molecule has 114 valence electrons. The van der Waals surface area contributed by atoms with E-state index in [9.17, 15) is 19.7 Å². The molecule has 0 spiro atoms. The summed E-state index contributed by atoms with van der Waals surface area (Å²) in [6, 6.07) is 4.35. The van der Waals surface area contributed by atoms with E-state index < -0.39 is 16.9 Å². The van der Waals surface area contributed by atoms with Crippen LogP contribution in [0.15, 0.2) is 18.2 Å². The molecule has 0 aliphatic carbocycles. The number of hydrogen-bond donors (Lipinski definition) is 0. The molecule has 8 heteroatoms. The smallest absolute Gasteiger partial charge is 0.306 e. The van der Waals surface area contributed by atoms with Gasteiger partial charge in [-0.05, 0) is 19.1 Å². The molecule has 1 aromatic rings. The molecule has 0 radical (unpaired) electrons. The van der Waals surface area contributed by atoms with Gasteiger partial charge in [-0.2, -0.15) is 0 Å². The topological polar surface area (TPSA) is 95.7 Å². The number of halogens is 1. The molecule has 0 saturated heterocycles. The Bertz CT molecular complexity index is 545. The Kier molecular flexibility index (Phi) is 6.61. The summed E-state index contributed by atoms with van der Waals surface area (Å²) in [6.45, 7) is 1.62. The number of hydrogen-bond acceptors (Lipinski definition) is 6. The van der Waals surface area contributed by atoms with Gasteiger partial charge in [0.05, 0.1) is 29.9 Å². The van der Waals surface area contributed by atoms with Crippen molar-refractivity contribution in [2.24, 2.45) is 0 Å². The van der Waals surface area contributed by atoms with E-state index in [1.165, 1.54) is 18.2 Å². The minimum absolute atomic E-state index is 0.0277. The van der Waals surface area contributed by atoms with E-state index in [4.69, 9.17) is 16.3 Å². The Balaban J connectivity index is 2.56. The Morgan fingerprint density at radius 3 is 2.43 bits per heavy atom. The average molecular weight is 316 g/mol. The summed E-state index contributed by atoms with van der Waals surface area (Å²) in [6.07, 6.45) is -0.239. The fraction of sp³-hybridized carbons (Fsp3) is 0.385. The van der Waals surface area contributed by atoms with Gasteiger partial charge in [-0.1, -0.05) is 17.7 Å². The van der Waals surface area contributed by atoms with Gasteiger partial charge in [0.15, 0.2) is 0 Å². The molecule has 21 heavy (non-hydrogen) atoms. The minimum Gasteiger partial charge on any atom is -0.466 e. The number of esters is 2. The SMILES string of the molecule is CCOC(=O)CCC(=O)OCc1cccc(Cl)c1[N+](=O)[O-].